The first-order valence-electron chi connectivity index (χ1n) is 9.11. The van der Waals surface area contributed by atoms with Crippen molar-refractivity contribution in [3.05, 3.63) is 60.2 Å². The number of halogens is 3. The van der Waals surface area contributed by atoms with E-state index in [9.17, 15) is 26.4 Å². The monoisotopic (exact) mass is 444 g/mol. The standard InChI is InChI=1S/C20H23F3N2O4S/c1-14(2)18(25-30(27,28)17-6-4-3-5-7-17)19(26)24-12-15-8-10-16(11-9-15)29-13-20(21,22)23/h3-11,14,18,25H,12-13H2,1-2H3,(H,24,26)/t18-/m1/s1. The molecule has 0 saturated heterocycles. The highest BCUT2D eigenvalue weighted by molar-refractivity contribution is 7.89. The SMILES string of the molecule is CC(C)[C@@H](NS(=O)(=O)c1ccccc1)C(=O)NCc1ccc(OCC(F)(F)F)cc1. The summed E-state index contributed by atoms with van der Waals surface area (Å²) in [7, 11) is -3.88. The number of alkyl halides is 3. The average Bonchev–Trinajstić information content (AvgIpc) is 2.69. The summed E-state index contributed by atoms with van der Waals surface area (Å²) < 4.78 is 68.6. The van der Waals surface area contributed by atoms with Crippen molar-refractivity contribution in [3.8, 4) is 5.75 Å². The molecule has 1 atom stereocenters. The Morgan fingerprint density at radius 1 is 1.03 bits per heavy atom. The van der Waals surface area contributed by atoms with Gasteiger partial charge in [0.2, 0.25) is 15.9 Å². The Labute approximate surface area is 173 Å². The predicted molar refractivity (Wildman–Crippen MR) is 105 cm³/mol. The predicted octanol–water partition coefficient (Wildman–Crippen LogP) is 3.25. The van der Waals surface area contributed by atoms with E-state index in [0.29, 0.717) is 5.56 Å². The highest BCUT2D eigenvalue weighted by Crippen LogP contribution is 2.19. The Morgan fingerprint density at radius 3 is 2.17 bits per heavy atom. The van der Waals surface area contributed by atoms with Crippen LogP contribution in [0.25, 0.3) is 0 Å². The zero-order valence-corrected chi connectivity index (χ0v) is 17.3. The Kier molecular flexibility index (Phi) is 7.85. The number of carbonyl (C=O) groups is 1. The second kappa shape index (κ2) is 9.94. The van der Waals surface area contributed by atoms with E-state index < -0.39 is 34.8 Å². The van der Waals surface area contributed by atoms with E-state index in [4.69, 9.17) is 0 Å². The summed E-state index contributed by atoms with van der Waals surface area (Å²) in [6, 6.07) is 12.5. The highest BCUT2D eigenvalue weighted by atomic mass is 32.2. The molecule has 30 heavy (non-hydrogen) atoms. The number of sulfonamides is 1. The lowest BCUT2D eigenvalue weighted by atomic mass is 10.0. The van der Waals surface area contributed by atoms with Gasteiger partial charge in [0.25, 0.3) is 0 Å². The van der Waals surface area contributed by atoms with Crippen LogP contribution in [0, 0.1) is 5.92 Å². The van der Waals surface area contributed by atoms with Crippen LogP contribution >= 0.6 is 0 Å². The normalized spacial score (nSPS) is 13.1. The van der Waals surface area contributed by atoms with Crippen molar-refractivity contribution < 1.29 is 31.1 Å². The molecule has 1 amide bonds. The Bertz CT molecular complexity index is 931. The van der Waals surface area contributed by atoms with Crippen molar-refractivity contribution in [2.75, 3.05) is 6.61 Å². The van der Waals surface area contributed by atoms with Gasteiger partial charge in [0, 0.05) is 6.54 Å². The number of hydrogen-bond donors (Lipinski definition) is 2. The molecule has 0 fully saturated rings. The number of hydrogen-bond acceptors (Lipinski definition) is 4. The molecule has 0 aliphatic rings. The second-order valence-corrected chi connectivity index (χ2v) is 8.64. The van der Waals surface area contributed by atoms with Gasteiger partial charge in [0.15, 0.2) is 6.61 Å². The first-order valence-corrected chi connectivity index (χ1v) is 10.6. The molecule has 0 spiro atoms. The Balaban J connectivity index is 1.97. The molecule has 0 unspecified atom stereocenters. The van der Waals surface area contributed by atoms with Gasteiger partial charge in [-0.2, -0.15) is 17.9 Å². The summed E-state index contributed by atoms with van der Waals surface area (Å²) in [4.78, 5) is 12.6. The second-order valence-electron chi connectivity index (χ2n) is 6.92. The lowest BCUT2D eigenvalue weighted by molar-refractivity contribution is -0.153. The van der Waals surface area contributed by atoms with E-state index >= 15 is 0 Å². The van der Waals surface area contributed by atoms with E-state index in [0.717, 1.165) is 0 Å². The van der Waals surface area contributed by atoms with Crippen LogP contribution in [-0.4, -0.2) is 33.1 Å². The molecule has 0 saturated carbocycles. The van der Waals surface area contributed by atoms with Crippen molar-refractivity contribution in [2.24, 2.45) is 5.92 Å². The van der Waals surface area contributed by atoms with Crippen molar-refractivity contribution in [1.82, 2.24) is 10.0 Å². The van der Waals surface area contributed by atoms with Crippen molar-refractivity contribution in [2.45, 2.75) is 37.5 Å². The lowest BCUT2D eigenvalue weighted by Crippen LogP contribution is -2.49. The molecule has 0 radical (unpaired) electrons. The third-order valence-corrected chi connectivity index (χ3v) is 5.53. The van der Waals surface area contributed by atoms with Crippen LogP contribution < -0.4 is 14.8 Å². The quantitative estimate of drug-likeness (QED) is 0.622. The van der Waals surface area contributed by atoms with Crippen LogP contribution in [0.4, 0.5) is 13.2 Å². The third kappa shape index (κ3) is 7.34. The topological polar surface area (TPSA) is 84.5 Å². The minimum atomic E-state index is -4.43. The summed E-state index contributed by atoms with van der Waals surface area (Å²) in [6.45, 7) is 2.12. The maximum atomic E-state index is 12.6. The molecule has 6 nitrogen and oxygen atoms in total. The molecule has 2 rings (SSSR count). The van der Waals surface area contributed by atoms with Gasteiger partial charge >= 0.3 is 6.18 Å². The van der Waals surface area contributed by atoms with E-state index in [1.807, 2.05) is 0 Å². The summed E-state index contributed by atoms with van der Waals surface area (Å²) in [5, 5.41) is 2.64. The van der Waals surface area contributed by atoms with Crippen molar-refractivity contribution >= 4 is 15.9 Å². The molecule has 2 aromatic carbocycles. The number of nitrogens with one attached hydrogen (secondary N) is 2. The number of amides is 1. The number of benzene rings is 2. The fraction of sp³-hybridized carbons (Fsp3) is 0.350. The summed E-state index contributed by atoms with van der Waals surface area (Å²) in [5.74, 6) is -0.776. The molecule has 0 aromatic heterocycles. The van der Waals surface area contributed by atoms with E-state index in [1.165, 1.54) is 36.4 Å². The number of carbonyl (C=O) groups excluding carboxylic acids is 1. The molecule has 0 aliphatic heterocycles. The molecule has 2 N–H and O–H groups in total. The van der Waals surface area contributed by atoms with Crippen LogP contribution in [-0.2, 0) is 21.4 Å². The van der Waals surface area contributed by atoms with Crippen LogP contribution in [0.15, 0.2) is 59.5 Å². The van der Waals surface area contributed by atoms with Gasteiger partial charge < -0.3 is 10.1 Å². The molecular formula is C20H23F3N2O4S. The molecular weight excluding hydrogens is 421 g/mol. The minimum absolute atomic E-state index is 0.0536. The third-order valence-electron chi connectivity index (χ3n) is 4.08. The van der Waals surface area contributed by atoms with Gasteiger partial charge in [0.1, 0.15) is 11.8 Å². The molecule has 10 heteroatoms. The Hall–Kier alpha value is -2.59. The first kappa shape index (κ1) is 23.7. The number of rotatable bonds is 9. The van der Waals surface area contributed by atoms with Crippen LogP contribution in [0.5, 0.6) is 5.75 Å². The Morgan fingerprint density at radius 2 is 1.63 bits per heavy atom. The zero-order valence-electron chi connectivity index (χ0n) is 16.4. The fourth-order valence-electron chi connectivity index (χ4n) is 2.50. The highest BCUT2D eigenvalue weighted by Gasteiger charge is 2.29. The van der Waals surface area contributed by atoms with E-state index in [1.54, 1.807) is 32.0 Å². The van der Waals surface area contributed by atoms with Crippen LogP contribution in [0.1, 0.15) is 19.4 Å². The summed E-state index contributed by atoms with van der Waals surface area (Å²) in [5.41, 5.74) is 0.621. The van der Waals surface area contributed by atoms with Gasteiger partial charge in [-0.25, -0.2) is 8.42 Å². The van der Waals surface area contributed by atoms with E-state index in [-0.39, 0.29) is 23.1 Å². The van der Waals surface area contributed by atoms with Gasteiger partial charge in [-0.3, -0.25) is 4.79 Å². The maximum absolute atomic E-state index is 12.6. The fourth-order valence-corrected chi connectivity index (χ4v) is 3.86. The van der Waals surface area contributed by atoms with Crippen molar-refractivity contribution in [1.29, 1.82) is 0 Å². The molecule has 2 aromatic rings. The van der Waals surface area contributed by atoms with Crippen LogP contribution in [0.3, 0.4) is 0 Å². The van der Waals surface area contributed by atoms with Gasteiger partial charge in [-0.1, -0.05) is 44.2 Å². The average molecular weight is 444 g/mol. The largest absolute Gasteiger partial charge is 0.484 e. The zero-order chi connectivity index (χ0) is 22.4. The maximum Gasteiger partial charge on any atom is 0.422 e. The van der Waals surface area contributed by atoms with Gasteiger partial charge in [0.05, 0.1) is 4.90 Å². The first-order chi connectivity index (χ1) is 14.0. The van der Waals surface area contributed by atoms with E-state index in [2.05, 4.69) is 14.8 Å². The summed E-state index contributed by atoms with van der Waals surface area (Å²) >= 11 is 0. The van der Waals surface area contributed by atoms with Gasteiger partial charge in [-0.05, 0) is 35.7 Å². The van der Waals surface area contributed by atoms with Crippen molar-refractivity contribution in [3.63, 3.8) is 0 Å². The van der Waals surface area contributed by atoms with Crippen LogP contribution in [0.2, 0.25) is 0 Å². The molecule has 164 valence electrons. The van der Waals surface area contributed by atoms with Gasteiger partial charge in [-0.15, -0.1) is 0 Å². The lowest BCUT2D eigenvalue weighted by Gasteiger charge is -2.21. The molecule has 0 bridgehead atoms. The summed E-state index contributed by atoms with van der Waals surface area (Å²) in [6.07, 6.45) is -4.43. The number of ether oxygens (including phenoxy) is 1. The molecule has 0 heterocycles. The minimum Gasteiger partial charge on any atom is -0.484 e. The molecule has 0 aliphatic carbocycles. The smallest absolute Gasteiger partial charge is 0.422 e.